The van der Waals surface area contributed by atoms with Crippen LogP contribution < -0.4 is 0 Å². The van der Waals surface area contributed by atoms with E-state index in [1.165, 1.54) is 0 Å². The molecule has 0 aliphatic carbocycles. The monoisotopic (exact) mass is 80.0 g/mol. The van der Waals surface area contributed by atoms with Crippen molar-refractivity contribution >= 4 is 0 Å². The summed E-state index contributed by atoms with van der Waals surface area (Å²) in [5.74, 6) is 0. The highest BCUT2D eigenvalue weighted by molar-refractivity contribution is 5.00. The number of rotatable bonds is 0. The van der Waals surface area contributed by atoms with E-state index in [1.54, 1.807) is 24.6 Å². The Morgan fingerprint density at radius 3 is 1.83 bits per heavy atom. The van der Waals surface area contributed by atoms with Crippen molar-refractivity contribution in [3.05, 3.63) is 30.1 Å². The molecule has 0 fully saturated rings. The number of allylic oxidation sites excluding steroid dienone is 2. The third-order valence-corrected chi connectivity index (χ3v) is 0.589. The minimum atomic E-state index is 1.00. The van der Waals surface area contributed by atoms with Gasteiger partial charge in [-0.05, 0) is 0 Å². The smallest absolute Gasteiger partial charge is 0.163 e. The molecule has 0 aromatic rings. The highest BCUT2D eigenvalue weighted by Gasteiger charge is 1.84. The Balaban J connectivity index is 2.86. The Kier molecular flexibility index (Phi) is 0.572. The van der Waals surface area contributed by atoms with Gasteiger partial charge < -0.3 is 5.53 Å². The maximum Gasteiger partial charge on any atom is 0.163 e. The van der Waals surface area contributed by atoms with Crippen LogP contribution >= 0.6 is 0 Å². The first-order valence-corrected chi connectivity index (χ1v) is 1.72. The van der Waals surface area contributed by atoms with Crippen LogP contribution in [0.2, 0.25) is 0 Å². The summed E-state index contributed by atoms with van der Waals surface area (Å²) in [5, 5.41) is 0. The zero-order valence-corrected chi connectivity index (χ0v) is 3.20. The van der Waals surface area contributed by atoms with Gasteiger partial charge in [0.05, 0.1) is 0 Å². The highest BCUT2D eigenvalue weighted by Crippen LogP contribution is 1.89. The van der Waals surface area contributed by atoms with Crippen molar-refractivity contribution in [3.8, 4) is 0 Å². The SMILES string of the molecule is [N-]=[N+]1C=CC=C1. The van der Waals surface area contributed by atoms with E-state index < -0.39 is 0 Å². The van der Waals surface area contributed by atoms with Gasteiger partial charge in [0.1, 0.15) is 0 Å². The molecule has 2 heteroatoms. The van der Waals surface area contributed by atoms with Crippen LogP contribution in [0.1, 0.15) is 0 Å². The van der Waals surface area contributed by atoms with Crippen LogP contribution in [0.15, 0.2) is 24.6 Å². The molecule has 0 aromatic carbocycles. The molecule has 0 unspecified atom stereocenters. The van der Waals surface area contributed by atoms with E-state index in [-0.39, 0.29) is 0 Å². The Morgan fingerprint density at radius 1 is 1.17 bits per heavy atom. The summed E-state index contributed by atoms with van der Waals surface area (Å²) in [7, 11) is 0. The van der Waals surface area contributed by atoms with Crippen LogP contribution in [-0.4, -0.2) is 4.70 Å². The largest absolute Gasteiger partial charge is 0.494 e. The van der Waals surface area contributed by atoms with Crippen molar-refractivity contribution in [2.24, 2.45) is 0 Å². The third kappa shape index (κ3) is 0.360. The summed E-state index contributed by atoms with van der Waals surface area (Å²) in [6.45, 7) is 0. The third-order valence-electron chi connectivity index (χ3n) is 0.589. The van der Waals surface area contributed by atoms with Crippen LogP contribution in [0.3, 0.4) is 0 Å². The van der Waals surface area contributed by atoms with E-state index in [0.29, 0.717) is 0 Å². The summed E-state index contributed by atoms with van der Waals surface area (Å²) < 4.78 is 1.00. The Bertz CT molecular complexity index is 108. The van der Waals surface area contributed by atoms with Gasteiger partial charge in [0.25, 0.3) is 0 Å². The maximum absolute atomic E-state index is 8.39. The molecular weight excluding hydrogens is 76.1 g/mol. The average Bonchev–Trinajstić information content (AvgIpc) is 1.86. The van der Waals surface area contributed by atoms with Crippen molar-refractivity contribution in [2.45, 2.75) is 0 Å². The standard InChI is InChI=1S/C4H4N2/c5-6-3-1-2-4-6/h1-4H. The lowest BCUT2D eigenvalue weighted by atomic mass is 10.6. The Labute approximate surface area is 35.9 Å². The molecule has 30 valence electrons. The van der Waals surface area contributed by atoms with Crippen LogP contribution in [0.25, 0.3) is 5.53 Å². The fraction of sp³-hybridized carbons (Fsp3) is 0. The predicted octanol–water partition coefficient (Wildman–Crippen LogP) is 1.06. The average molecular weight is 80.1 g/mol. The maximum atomic E-state index is 8.39. The second-order valence-electron chi connectivity index (χ2n) is 1.06. The predicted molar refractivity (Wildman–Crippen MR) is 21.9 cm³/mol. The van der Waals surface area contributed by atoms with E-state index in [0.717, 1.165) is 4.70 Å². The van der Waals surface area contributed by atoms with Gasteiger partial charge in [-0.3, -0.25) is 4.70 Å². The molecule has 0 radical (unpaired) electrons. The summed E-state index contributed by atoms with van der Waals surface area (Å²) in [6.07, 6.45) is 6.61. The highest BCUT2D eigenvalue weighted by atomic mass is 15.1. The normalized spacial score (nSPS) is 17.0. The van der Waals surface area contributed by atoms with Crippen LogP contribution in [0.5, 0.6) is 0 Å². The lowest BCUT2D eigenvalue weighted by Crippen LogP contribution is -1.74. The van der Waals surface area contributed by atoms with E-state index in [2.05, 4.69) is 0 Å². The molecule has 1 aliphatic rings. The van der Waals surface area contributed by atoms with Crippen LogP contribution in [0.4, 0.5) is 0 Å². The number of nitrogens with zero attached hydrogens (tertiary/aromatic N) is 2. The molecule has 6 heavy (non-hydrogen) atoms. The molecule has 0 saturated heterocycles. The summed E-state index contributed by atoms with van der Waals surface area (Å²) in [5.41, 5.74) is 8.39. The van der Waals surface area contributed by atoms with Gasteiger partial charge in [0.15, 0.2) is 12.4 Å². The lowest BCUT2D eigenvalue weighted by Gasteiger charge is -1.78. The fourth-order valence-corrected chi connectivity index (χ4v) is 0.325. The van der Waals surface area contributed by atoms with Gasteiger partial charge in [-0.2, -0.15) is 0 Å². The fourth-order valence-electron chi connectivity index (χ4n) is 0.325. The molecule has 2 nitrogen and oxygen atoms in total. The van der Waals surface area contributed by atoms with Crippen molar-refractivity contribution in [3.63, 3.8) is 0 Å². The van der Waals surface area contributed by atoms with Crippen molar-refractivity contribution in [2.75, 3.05) is 0 Å². The minimum absolute atomic E-state index is 1.00. The molecule has 0 amide bonds. The van der Waals surface area contributed by atoms with Crippen LogP contribution in [-0.2, 0) is 0 Å². The Hall–Kier alpha value is -0.920. The topological polar surface area (TPSA) is 25.3 Å². The number of hydrogen-bond donors (Lipinski definition) is 0. The van der Waals surface area contributed by atoms with Crippen LogP contribution in [0, 0.1) is 0 Å². The van der Waals surface area contributed by atoms with Gasteiger partial charge in [0.2, 0.25) is 0 Å². The first kappa shape index (κ1) is 3.28. The van der Waals surface area contributed by atoms with Gasteiger partial charge in [-0.1, -0.05) is 0 Å². The molecule has 0 saturated carbocycles. The van der Waals surface area contributed by atoms with Gasteiger partial charge in [-0.15, -0.1) is 0 Å². The molecule has 0 atom stereocenters. The van der Waals surface area contributed by atoms with E-state index in [1.807, 2.05) is 0 Å². The van der Waals surface area contributed by atoms with E-state index in [9.17, 15) is 0 Å². The lowest BCUT2D eigenvalue weighted by molar-refractivity contribution is -0.397. The molecule has 0 N–H and O–H groups in total. The number of hydrogen-bond acceptors (Lipinski definition) is 0. The first-order chi connectivity index (χ1) is 2.89. The molecule has 0 spiro atoms. The van der Waals surface area contributed by atoms with E-state index >= 15 is 0 Å². The molecule has 1 heterocycles. The zero-order chi connectivity index (χ0) is 4.41. The van der Waals surface area contributed by atoms with E-state index in [4.69, 9.17) is 5.53 Å². The molecule has 0 bridgehead atoms. The van der Waals surface area contributed by atoms with Gasteiger partial charge in [-0.25, -0.2) is 0 Å². The van der Waals surface area contributed by atoms with Crippen molar-refractivity contribution in [1.82, 2.24) is 0 Å². The zero-order valence-electron chi connectivity index (χ0n) is 3.20. The molecular formula is C4H4N2. The molecule has 1 rings (SSSR count). The molecule has 1 aliphatic heterocycles. The van der Waals surface area contributed by atoms with Crippen molar-refractivity contribution in [1.29, 1.82) is 0 Å². The summed E-state index contributed by atoms with van der Waals surface area (Å²) >= 11 is 0. The first-order valence-electron chi connectivity index (χ1n) is 1.72. The second kappa shape index (κ2) is 1.05. The quantitative estimate of drug-likeness (QED) is 0.389. The summed E-state index contributed by atoms with van der Waals surface area (Å²) in [4.78, 5) is 0. The minimum Gasteiger partial charge on any atom is -0.494 e. The van der Waals surface area contributed by atoms with Crippen molar-refractivity contribution < 1.29 is 4.70 Å². The Morgan fingerprint density at radius 2 is 1.67 bits per heavy atom. The van der Waals surface area contributed by atoms with Gasteiger partial charge in [0, 0.05) is 12.2 Å². The molecule has 0 aromatic heterocycles. The summed E-state index contributed by atoms with van der Waals surface area (Å²) in [6, 6.07) is 0. The second-order valence-corrected chi connectivity index (χ2v) is 1.06. The van der Waals surface area contributed by atoms with Gasteiger partial charge >= 0.3 is 0 Å².